The van der Waals surface area contributed by atoms with Gasteiger partial charge >= 0.3 is 12.1 Å². The van der Waals surface area contributed by atoms with Gasteiger partial charge in [-0.3, -0.25) is 4.99 Å². The number of hydrogen-bond donors (Lipinski definition) is 4. The van der Waals surface area contributed by atoms with Crippen LogP contribution in [0.2, 0.25) is 0 Å². The minimum absolute atomic E-state index is 0.222. The van der Waals surface area contributed by atoms with Gasteiger partial charge in [-0.15, -0.1) is 5.11 Å². The molecule has 1 heterocycles. The number of aliphatic imine (C=N–C) groups is 1. The van der Waals surface area contributed by atoms with Crippen molar-refractivity contribution < 1.29 is 33.6 Å². The predicted molar refractivity (Wildman–Crippen MR) is 161 cm³/mol. The van der Waals surface area contributed by atoms with E-state index >= 15 is 0 Å². The number of nitrogens with zero attached hydrogens (tertiary/aromatic N) is 4. The number of carbonyl (C=O) groups excluding carboxylic acids is 1. The molecule has 2 rings (SSSR count). The summed E-state index contributed by atoms with van der Waals surface area (Å²) in [6.07, 6.45) is 2.58. The van der Waals surface area contributed by atoms with Gasteiger partial charge in [0.25, 0.3) is 0 Å². The van der Waals surface area contributed by atoms with Crippen molar-refractivity contribution in [2.75, 3.05) is 52.7 Å². The Kier molecular flexibility index (Phi) is 16.4. The molecule has 0 bridgehead atoms. The third kappa shape index (κ3) is 16.3. The van der Waals surface area contributed by atoms with Gasteiger partial charge in [-0.25, -0.2) is 20.4 Å². The second kappa shape index (κ2) is 20.0. The summed E-state index contributed by atoms with van der Waals surface area (Å²) in [6.45, 7) is 9.70. The number of amidine groups is 1. The molecular weight excluding hydrogens is 558 g/mol. The maximum absolute atomic E-state index is 11.5. The Morgan fingerprint density at radius 2 is 1.53 bits per heavy atom. The number of hydrazine groups is 1. The molecule has 1 aromatic carbocycles. The number of azo groups is 1. The van der Waals surface area contributed by atoms with Gasteiger partial charge in [0.05, 0.1) is 38.5 Å². The van der Waals surface area contributed by atoms with E-state index in [-0.39, 0.29) is 5.56 Å². The highest BCUT2D eigenvalue weighted by molar-refractivity contribution is 5.98. The molecule has 1 amide bonds. The molecule has 14 heteroatoms. The molecule has 0 aliphatic heterocycles. The summed E-state index contributed by atoms with van der Waals surface area (Å²) < 4.78 is 21.7. The molecule has 2 aromatic rings. The predicted octanol–water partition coefficient (Wildman–Crippen LogP) is 3.63. The number of carboxylic acid groups (broad SMARTS) is 1. The monoisotopic (exact) mass is 601 g/mol. The number of alkyl carbamates (subject to hydrolysis) is 1. The van der Waals surface area contributed by atoms with Crippen LogP contribution >= 0.6 is 0 Å². The number of nitrogens with one attached hydrogen (secondary N) is 2. The lowest BCUT2D eigenvalue weighted by atomic mass is 10.1. The number of rotatable bonds is 19. The first-order valence-electron chi connectivity index (χ1n) is 14.1. The van der Waals surface area contributed by atoms with Crippen LogP contribution < -0.4 is 16.6 Å². The fourth-order valence-electron chi connectivity index (χ4n) is 3.33. The van der Waals surface area contributed by atoms with E-state index in [1.165, 1.54) is 12.1 Å². The fraction of sp³-hybridized carbons (Fsp3) is 0.517. The number of benzene rings is 1. The van der Waals surface area contributed by atoms with Gasteiger partial charge < -0.3 is 34.8 Å². The number of amides is 1. The van der Waals surface area contributed by atoms with Crippen molar-refractivity contribution in [3.8, 4) is 0 Å². The first-order valence-corrected chi connectivity index (χ1v) is 14.1. The molecular formula is C29H43N7O7. The van der Waals surface area contributed by atoms with Crippen LogP contribution in [-0.4, -0.2) is 86.3 Å². The molecule has 236 valence electrons. The summed E-state index contributed by atoms with van der Waals surface area (Å²) in [7, 11) is 0. The van der Waals surface area contributed by atoms with Crippen molar-refractivity contribution >= 4 is 23.7 Å². The summed E-state index contributed by atoms with van der Waals surface area (Å²) in [4.78, 5) is 31.2. The molecule has 43 heavy (non-hydrogen) atoms. The minimum atomic E-state index is -0.971. The number of nitrogens with two attached hydrogens (primary N) is 1. The van der Waals surface area contributed by atoms with E-state index in [9.17, 15) is 9.59 Å². The van der Waals surface area contributed by atoms with Crippen LogP contribution in [0.15, 0.2) is 57.8 Å². The smallest absolute Gasteiger partial charge is 0.407 e. The van der Waals surface area contributed by atoms with Gasteiger partial charge in [0.1, 0.15) is 11.4 Å². The highest BCUT2D eigenvalue weighted by Crippen LogP contribution is 2.12. The summed E-state index contributed by atoms with van der Waals surface area (Å²) >= 11 is 0. The highest BCUT2D eigenvalue weighted by atomic mass is 16.6. The topological polar surface area (TPSA) is 191 Å². The first-order chi connectivity index (χ1) is 20.7. The standard InChI is InChI=1S/C29H43N7O7/c1-29(2,3)43-28(39)32-13-5-15-41-17-19-42-18-16-40-14-4-12-31-26(35-30)24-10-11-25(33-21-24)36-34-20-22-6-8-23(9-7-22)27(37)38/h6-11,21H,4-5,12-20,30H2,1-3H3,(H,31,35)(H,32,39)(H,37,38). The fourth-order valence-corrected chi connectivity index (χ4v) is 3.33. The van der Waals surface area contributed by atoms with Crippen LogP contribution in [-0.2, 0) is 25.5 Å². The van der Waals surface area contributed by atoms with Crippen molar-refractivity contribution in [2.45, 2.75) is 45.8 Å². The van der Waals surface area contributed by atoms with Gasteiger partial charge in [0, 0.05) is 38.1 Å². The molecule has 0 aliphatic rings. The van der Waals surface area contributed by atoms with Crippen LogP contribution in [0, 0.1) is 0 Å². The van der Waals surface area contributed by atoms with Crippen molar-refractivity contribution in [2.24, 2.45) is 21.1 Å². The van der Waals surface area contributed by atoms with Crippen molar-refractivity contribution in [3.05, 3.63) is 59.3 Å². The van der Waals surface area contributed by atoms with E-state index in [2.05, 4.69) is 30.9 Å². The van der Waals surface area contributed by atoms with E-state index in [1.54, 1.807) is 30.5 Å². The number of carboxylic acids is 1. The maximum Gasteiger partial charge on any atom is 0.407 e. The van der Waals surface area contributed by atoms with Crippen LogP contribution in [0.1, 0.15) is 55.1 Å². The quantitative estimate of drug-likeness (QED) is 0.0462. The molecule has 5 N–H and O–H groups in total. The van der Waals surface area contributed by atoms with Gasteiger partial charge in [0.2, 0.25) is 0 Å². The SMILES string of the molecule is CC(C)(C)OC(=O)NCCCOCCOCCOCCCN=C(NN)c1ccc(N=NCc2ccc(C(=O)O)cc2)nc1. The largest absolute Gasteiger partial charge is 0.478 e. The zero-order valence-corrected chi connectivity index (χ0v) is 25.1. The lowest BCUT2D eigenvalue weighted by Crippen LogP contribution is -2.33. The number of pyridine rings is 1. The van der Waals surface area contributed by atoms with E-state index in [0.29, 0.717) is 89.3 Å². The molecule has 1 aromatic heterocycles. The summed E-state index contributed by atoms with van der Waals surface area (Å²) in [5.41, 5.74) is 3.86. The first kappa shape index (κ1) is 35.2. The van der Waals surface area contributed by atoms with Crippen molar-refractivity contribution in [1.82, 2.24) is 15.7 Å². The Morgan fingerprint density at radius 1 is 0.907 bits per heavy atom. The third-order valence-corrected chi connectivity index (χ3v) is 5.38. The van der Waals surface area contributed by atoms with E-state index in [4.69, 9.17) is 29.9 Å². The molecule has 0 unspecified atom stereocenters. The number of aromatic carboxylic acids is 1. The van der Waals surface area contributed by atoms with Gasteiger partial charge in [-0.2, -0.15) is 5.11 Å². The summed E-state index contributed by atoms with van der Waals surface area (Å²) in [5, 5.41) is 19.9. The lowest BCUT2D eigenvalue weighted by molar-refractivity contribution is 0.0138. The Balaban J connectivity index is 1.51. The second-order valence-corrected chi connectivity index (χ2v) is 10.2. The van der Waals surface area contributed by atoms with E-state index in [0.717, 1.165) is 5.56 Å². The summed E-state index contributed by atoms with van der Waals surface area (Å²) in [5.74, 6) is 5.59. The minimum Gasteiger partial charge on any atom is -0.478 e. The molecule has 0 aliphatic carbocycles. The zero-order valence-electron chi connectivity index (χ0n) is 25.1. The van der Waals surface area contributed by atoms with Crippen molar-refractivity contribution in [3.63, 3.8) is 0 Å². The average molecular weight is 602 g/mol. The molecule has 0 atom stereocenters. The molecule has 0 fully saturated rings. The molecule has 14 nitrogen and oxygen atoms in total. The number of hydrogen-bond acceptors (Lipinski definition) is 11. The van der Waals surface area contributed by atoms with Crippen molar-refractivity contribution in [1.29, 1.82) is 0 Å². The molecule has 0 radical (unpaired) electrons. The molecule has 0 saturated heterocycles. The Labute approximate surface area is 252 Å². The van der Waals surface area contributed by atoms with Crippen LogP contribution in [0.4, 0.5) is 10.6 Å². The molecule has 0 spiro atoms. The highest BCUT2D eigenvalue weighted by Gasteiger charge is 2.15. The average Bonchev–Trinajstić information content (AvgIpc) is 2.97. The number of ether oxygens (including phenoxy) is 4. The van der Waals surface area contributed by atoms with E-state index in [1.807, 2.05) is 20.8 Å². The van der Waals surface area contributed by atoms with Crippen LogP contribution in [0.3, 0.4) is 0 Å². The van der Waals surface area contributed by atoms with Crippen LogP contribution in [0.25, 0.3) is 0 Å². The third-order valence-electron chi connectivity index (χ3n) is 5.38. The number of aromatic nitrogens is 1. The normalized spacial score (nSPS) is 12.0. The van der Waals surface area contributed by atoms with E-state index < -0.39 is 17.7 Å². The summed E-state index contributed by atoms with van der Waals surface area (Å²) in [6, 6.07) is 9.95. The Morgan fingerprint density at radius 3 is 2.12 bits per heavy atom. The second-order valence-electron chi connectivity index (χ2n) is 10.2. The Bertz CT molecular complexity index is 1150. The van der Waals surface area contributed by atoms with Gasteiger partial charge in [0.15, 0.2) is 5.82 Å². The maximum atomic E-state index is 11.5. The zero-order chi connectivity index (χ0) is 31.3. The van der Waals surface area contributed by atoms with Gasteiger partial charge in [-0.1, -0.05) is 12.1 Å². The number of carbonyl (C=O) groups is 2. The Hall–Kier alpha value is -3.98. The van der Waals surface area contributed by atoms with Gasteiger partial charge in [-0.05, 0) is 63.4 Å². The van der Waals surface area contributed by atoms with Crippen LogP contribution in [0.5, 0.6) is 0 Å². The molecule has 0 saturated carbocycles. The lowest BCUT2D eigenvalue weighted by Gasteiger charge is -2.19.